The molecule has 0 aromatic carbocycles. The first-order valence-electron chi connectivity index (χ1n) is 2.90. The lowest BCUT2D eigenvalue weighted by atomic mass is 10.2. The summed E-state index contributed by atoms with van der Waals surface area (Å²) < 4.78 is 21.5. The maximum atomic E-state index is 10.7. The Kier molecular flexibility index (Phi) is 2.01. The number of hydrogen-bond acceptors (Lipinski definition) is 2. The number of halogens is 1. The highest BCUT2D eigenvalue weighted by Crippen LogP contribution is 2.18. The largest absolute Gasteiger partial charge is 0.229 e. The zero-order valence-corrected chi connectivity index (χ0v) is 6.58. The molecule has 1 aliphatic heterocycles. The predicted octanol–water partition coefficient (Wildman–Crippen LogP) is 0.660. The van der Waals surface area contributed by atoms with Gasteiger partial charge in [-0.15, -0.1) is 11.6 Å². The Balaban J connectivity index is 2.58. The van der Waals surface area contributed by atoms with E-state index in [-0.39, 0.29) is 5.92 Å². The van der Waals surface area contributed by atoms with Crippen molar-refractivity contribution in [2.75, 3.05) is 17.4 Å². The molecule has 1 aliphatic rings. The standard InChI is InChI=1S/C5H9ClO2S/c6-3-5-1-2-9(7,8)4-5/h5H,1-4H2. The van der Waals surface area contributed by atoms with Gasteiger partial charge in [0.2, 0.25) is 0 Å². The van der Waals surface area contributed by atoms with E-state index >= 15 is 0 Å². The van der Waals surface area contributed by atoms with Gasteiger partial charge < -0.3 is 0 Å². The summed E-state index contributed by atoms with van der Waals surface area (Å²) in [6, 6.07) is 0. The van der Waals surface area contributed by atoms with Crippen molar-refractivity contribution < 1.29 is 8.42 Å². The number of sulfone groups is 1. The van der Waals surface area contributed by atoms with E-state index < -0.39 is 9.84 Å². The lowest BCUT2D eigenvalue weighted by Gasteiger charge is -1.96. The van der Waals surface area contributed by atoms with Crippen LogP contribution in [0.1, 0.15) is 6.42 Å². The summed E-state index contributed by atoms with van der Waals surface area (Å²) in [6.45, 7) is 0. The Labute approximate surface area is 60.1 Å². The van der Waals surface area contributed by atoms with Gasteiger partial charge in [-0.25, -0.2) is 8.42 Å². The Bertz CT molecular complexity index is 185. The molecule has 1 rings (SSSR count). The summed E-state index contributed by atoms with van der Waals surface area (Å²) in [6.07, 6.45) is 0.756. The molecule has 4 heteroatoms. The molecule has 2 nitrogen and oxygen atoms in total. The first-order chi connectivity index (χ1) is 4.14. The third-order valence-corrected chi connectivity index (χ3v) is 3.82. The zero-order chi connectivity index (χ0) is 6.91. The molecule has 54 valence electrons. The third kappa shape index (κ3) is 1.83. The molecule has 0 amide bonds. The van der Waals surface area contributed by atoms with Gasteiger partial charge in [0.25, 0.3) is 0 Å². The minimum atomic E-state index is -2.69. The molecule has 9 heavy (non-hydrogen) atoms. The van der Waals surface area contributed by atoms with E-state index in [1.807, 2.05) is 0 Å². The van der Waals surface area contributed by atoms with Crippen LogP contribution in [0.5, 0.6) is 0 Å². The molecule has 1 saturated heterocycles. The second-order valence-corrected chi connectivity index (χ2v) is 4.96. The van der Waals surface area contributed by atoms with Gasteiger partial charge in [0, 0.05) is 5.88 Å². The van der Waals surface area contributed by atoms with Crippen LogP contribution in [0, 0.1) is 5.92 Å². The van der Waals surface area contributed by atoms with Gasteiger partial charge in [0.05, 0.1) is 11.5 Å². The quantitative estimate of drug-likeness (QED) is 0.539. The maximum Gasteiger partial charge on any atom is 0.150 e. The minimum Gasteiger partial charge on any atom is -0.229 e. The lowest BCUT2D eigenvalue weighted by molar-refractivity contribution is 0.599. The predicted molar refractivity (Wildman–Crippen MR) is 37.5 cm³/mol. The van der Waals surface area contributed by atoms with Gasteiger partial charge in [-0.05, 0) is 12.3 Å². The molecule has 1 heterocycles. The summed E-state index contributed by atoms with van der Waals surface area (Å²) >= 11 is 5.47. The second-order valence-electron chi connectivity index (χ2n) is 2.42. The molecule has 1 atom stereocenters. The van der Waals surface area contributed by atoms with Crippen molar-refractivity contribution >= 4 is 21.4 Å². The van der Waals surface area contributed by atoms with Crippen molar-refractivity contribution in [3.8, 4) is 0 Å². The summed E-state index contributed by atoms with van der Waals surface area (Å²) in [5.74, 6) is 1.34. The Hall–Kier alpha value is 0.240. The number of alkyl halides is 1. The van der Waals surface area contributed by atoms with E-state index in [0.29, 0.717) is 17.4 Å². The van der Waals surface area contributed by atoms with Gasteiger partial charge in [0.15, 0.2) is 9.84 Å². The third-order valence-electron chi connectivity index (χ3n) is 1.54. The summed E-state index contributed by atoms with van der Waals surface area (Å²) in [4.78, 5) is 0. The highest BCUT2D eigenvalue weighted by molar-refractivity contribution is 7.91. The SMILES string of the molecule is O=S1(=O)CCC(CCl)C1. The minimum absolute atomic E-state index is 0.219. The molecule has 1 fully saturated rings. The topological polar surface area (TPSA) is 34.1 Å². The fourth-order valence-electron chi connectivity index (χ4n) is 0.994. The van der Waals surface area contributed by atoms with Crippen LogP contribution in [0.4, 0.5) is 0 Å². The van der Waals surface area contributed by atoms with E-state index in [1.54, 1.807) is 0 Å². The average Bonchev–Trinajstić information content (AvgIpc) is 2.10. The van der Waals surface area contributed by atoms with E-state index in [2.05, 4.69) is 0 Å². The molecule has 0 aromatic rings. The molecule has 0 N–H and O–H groups in total. The van der Waals surface area contributed by atoms with Crippen molar-refractivity contribution in [3.05, 3.63) is 0 Å². The molecule has 0 spiro atoms. The second kappa shape index (κ2) is 2.46. The fourth-order valence-corrected chi connectivity index (χ4v) is 3.25. The van der Waals surface area contributed by atoms with Crippen molar-refractivity contribution in [3.63, 3.8) is 0 Å². The molecule has 0 aliphatic carbocycles. The Morgan fingerprint density at radius 3 is 2.44 bits per heavy atom. The van der Waals surface area contributed by atoms with E-state index in [4.69, 9.17) is 11.6 Å². The van der Waals surface area contributed by atoms with Crippen LogP contribution < -0.4 is 0 Å². The van der Waals surface area contributed by atoms with Crippen LogP contribution in [0.15, 0.2) is 0 Å². The smallest absolute Gasteiger partial charge is 0.150 e. The normalized spacial score (nSPS) is 32.8. The van der Waals surface area contributed by atoms with Crippen LogP contribution in [0.2, 0.25) is 0 Å². The van der Waals surface area contributed by atoms with Crippen molar-refractivity contribution in [1.82, 2.24) is 0 Å². The number of rotatable bonds is 1. The van der Waals surface area contributed by atoms with Crippen LogP contribution in [-0.4, -0.2) is 25.8 Å². The Morgan fingerprint density at radius 2 is 2.22 bits per heavy atom. The first kappa shape index (κ1) is 7.35. The van der Waals surface area contributed by atoms with E-state index in [9.17, 15) is 8.42 Å². The van der Waals surface area contributed by atoms with Crippen LogP contribution in [0.3, 0.4) is 0 Å². The monoisotopic (exact) mass is 168 g/mol. The molecule has 0 aromatic heterocycles. The van der Waals surface area contributed by atoms with Crippen LogP contribution in [0.25, 0.3) is 0 Å². The van der Waals surface area contributed by atoms with Crippen LogP contribution >= 0.6 is 11.6 Å². The first-order valence-corrected chi connectivity index (χ1v) is 5.26. The van der Waals surface area contributed by atoms with E-state index in [1.165, 1.54) is 0 Å². The van der Waals surface area contributed by atoms with Crippen LogP contribution in [-0.2, 0) is 9.84 Å². The molecule has 0 bridgehead atoms. The summed E-state index contributed by atoms with van der Waals surface area (Å²) in [5.41, 5.74) is 0. The molecular weight excluding hydrogens is 160 g/mol. The lowest BCUT2D eigenvalue weighted by Crippen LogP contribution is -2.05. The average molecular weight is 169 g/mol. The fraction of sp³-hybridized carbons (Fsp3) is 1.00. The van der Waals surface area contributed by atoms with Gasteiger partial charge in [-0.2, -0.15) is 0 Å². The number of hydrogen-bond donors (Lipinski definition) is 0. The van der Waals surface area contributed by atoms with Gasteiger partial charge in [0.1, 0.15) is 0 Å². The van der Waals surface area contributed by atoms with E-state index in [0.717, 1.165) is 6.42 Å². The highest BCUT2D eigenvalue weighted by Gasteiger charge is 2.26. The van der Waals surface area contributed by atoms with Crippen molar-refractivity contribution in [2.45, 2.75) is 6.42 Å². The summed E-state index contributed by atoms with van der Waals surface area (Å²) in [5, 5.41) is 0. The van der Waals surface area contributed by atoms with Crippen molar-refractivity contribution in [2.24, 2.45) is 5.92 Å². The molecule has 0 radical (unpaired) electrons. The van der Waals surface area contributed by atoms with Gasteiger partial charge in [-0.1, -0.05) is 0 Å². The highest BCUT2D eigenvalue weighted by atomic mass is 35.5. The molecular formula is C5H9ClO2S. The van der Waals surface area contributed by atoms with Crippen molar-refractivity contribution in [1.29, 1.82) is 0 Å². The van der Waals surface area contributed by atoms with Gasteiger partial charge in [-0.3, -0.25) is 0 Å². The summed E-state index contributed by atoms with van der Waals surface area (Å²) in [7, 11) is -2.69. The zero-order valence-electron chi connectivity index (χ0n) is 5.01. The Morgan fingerprint density at radius 1 is 1.56 bits per heavy atom. The molecule has 0 saturated carbocycles. The maximum absolute atomic E-state index is 10.7. The molecule has 1 unspecified atom stereocenters. The van der Waals surface area contributed by atoms with Gasteiger partial charge >= 0.3 is 0 Å².